The van der Waals surface area contributed by atoms with Crippen LogP contribution < -0.4 is 30.2 Å². The third-order valence-electron chi connectivity index (χ3n) is 18.6. The Morgan fingerprint density at radius 1 is 0.333 bits per heavy atom. The van der Waals surface area contributed by atoms with Crippen LogP contribution in [0.25, 0.3) is 76.9 Å². The van der Waals surface area contributed by atoms with E-state index in [1.807, 2.05) is 82.3 Å². The summed E-state index contributed by atoms with van der Waals surface area (Å²) in [6.45, 7) is 8.95. The van der Waals surface area contributed by atoms with Gasteiger partial charge in [0.2, 0.25) is 0 Å². The number of para-hydroxylation sites is 8. The fraction of sp³-hybridized carbons (Fsp3) is 0.0732. The van der Waals surface area contributed by atoms with Crippen LogP contribution in [0.3, 0.4) is 0 Å². The molecule has 0 atom stereocenters. The number of rotatable bonds is 4. The Bertz CT molecular complexity index is 5090. The maximum atomic E-state index is 4.92. The van der Waals surface area contributed by atoms with Crippen LogP contribution in [0.5, 0.6) is 0 Å². The topological polar surface area (TPSA) is 73.3 Å². The van der Waals surface area contributed by atoms with E-state index in [1.165, 1.54) is 88.5 Å². The third kappa shape index (κ3) is 10.3. The Morgan fingerprint density at radius 3 is 1.08 bits per heavy atom. The van der Waals surface area contributed by atoms with Crippen LogP contribution in [0, 0.1) is 24.3 Å². The first-order valence-electron chi connectivity index (χ1n) is 32.1. The molecule has 10 nitrogen and oxygen atoms in total. The average Bonchev–Trinajstić information content (AvgIpc) is 1.54. The maximum absolute atomic E-state index is 4.92. The summed E-state index contributed by atoms with van der Waals surface area (Å²) in [4.78, 5) is 19.6. The Morgan fingerprint density at radius 2 is 0.677 bits per heavy atom. The van der Waals surface area contributed by atoms with Crippen molar-refractivity contribution >= 4 is 125 Å². The zero-order valence-electron chi connectivity index (χ0n) is 53.0. The average molecular weight is 1590 g/mol. The molecular formula is C82H60B2Ir2N10-4. The minimum atomic E-state index is 0. The van der Waals surface area contributed by atoms with Gasteiger partial charge in [-0.25, -0.2) is 0 Å². The largest absolute Gasteiger partial charge is 0.375 e. The molecule has 4 aliphatic rings. The van der Waals surface area contributed by atoms with Crippen LogP contribution in [-0.2, 0) is 40.2 Å². The van der Waals surface area contributed by atoms with Gasteiger partial charge in [0.05, 0.1) is 33.8 Å². The number of hydrogen-bond donors (Lipinski definition) is 0. The second-order valence-electron chi connectivity index (χ2n) is 24.7. The Labute approximate surface area is 586 Å². The van der Waals surface area contributed by atoms with Gasteiger partial charge in [-0.1, -0.05) is 148 Å². The second-order valence-corrected chi connectivity index (χ2v) is 24.7. The molecule has 96 heavy (non-hydrogen) atoms. The van der Waals surface area contributed by atoms with Gasteiger partial charge < -0.3 is 29.2 Å². The van der Waals surface area contributed by atoms with Crippen molar-refractivity contribution in [1.29, 1.82) is 0 Å². The first-order valence-corrected chi connectivity index (χ1v) is 32.1. The van der Waals surface area contributed by atoms with Crippen molar-refractivity contribution in [3.63, 3.8) is 0 Å². The smallest absolute Gasteiger partial charge is 0.362 e. The molecule has 0 N–H and O–H groups in total. The summed E-state index contributed by atoms with van der Waals surface area (Å²) >= 11 is 0. The molecule has 0 bridgehead atoms. The molecule has 0 saturated heterocycles. The van der Waals surface area contributed by atoms with Crippen LogP contribution in [0.15, 0.2) is 280 Å². The van der Waals surface area contributed by atoms with Gasteiger partial charge in [-0.3, -0.25) is 9.03 Å². The van der Waals surface area contributed by atoms with Crippen molar-refractivity contribution in [1.82, 2.24) is 29.2 Å². The standard InChI is InChI=1S/2C26H21BN3.2C15H9N2.2Ir/c2*1-18(2)19-16-25-26(28-17-19)21-12-6-7-13-22(21)27-29(20-10-4-3-5-11-20)23-14-8-9-15-24(23)30(25)27;2*1-2-6-13-11(5-1)12-7-3-4-8-14(12)17-15(13)9-10-16-17;;/h2*3-11,13-18H,1-2H3;2*1-7,9-10H;;/q4*-1;;. The summed E-state index contributed by atoms with van der Waals surface area (Å²) in [7, 11) is 0. The zero-order chi connectivity index (χ0) is 63.0. The fourth-order valence-corrected chi connectivity index (χ4v) is 14.3. The zero-order valence-corrected chi connectivity index (χ0v) is 57.8. The van der Waals surface area contributed by atoms with Gasteiger partial charge in [0, 0.05) is 99.1 Å². The molecule has 0 fully saturated rings. The predicted molar refractivity (Wildman–Crippen MR) is 388 cm³/mol. The molecule has 0 aliphatic carbocycles. The van der Waals surface area contributed by atoms with E-state index in [0.29, 0.717) is 11.8 Å². The van der Waals surface area contributed by atoms with Crippen LogP contribution in [-0.4, -0.2) is 43.2 Å². The van der Waals surface area contributed by atoms with Crippen molar-refractivity contribution in [2.75, 3.05) is 19.2 Å². The number of nitrogens with zero attached hydrogens (tertiary/aromatic N) is 10. The number of pyridine rings is 4. The number of fused-ring (bicyclic) bond motifs is 28. The van der Waals surface area contributed by atoms with E-state index in [1.54, 1.807) is 0 Å². The van der Waals surface area contributed by atoms with Crippen molar-refractivity contribution in [3.05, 3.63) is 315 Å². The summed E-state index contributed by atoms with van der Waals surface area (Å²) < 4.78 is 3.91. The summed E-state index contributed by atoms with van der Waals surface area (Å²) in [5.74, 6) is 0.843. The third-order valence-corrected chi connectivity index (χ3v) is 18.6. The molecule has 0 unspecified atom stereocenters. The van der Waals surface area contributed by atoms with E-state index < -0.39 is 0 Å². The van der Waals surface area contributed by atoms with E-state index in [2.05, 4.69) is 288 Å². The molecule has 14 heteroatoms. The van der Waals surface area contributed by atoms with Gasteiger partial charge in [0.1, 0.15) is 0 Å². The van der Waals surface area contributed by atoms with Crippen LogP contribution in [0.4, 0.5) is 45.5 Å². The summed E-state index contributed by atoms with van der Waals surface area (Å²) in [6.07, 6.45) is 7.71. The molecule has 0 spiro atoms. The van der Waals surface area contributed by atoms with E-state index in [9.17, 15) is 0 Å². The second kappa shape index (κ2) is 25.7. The predicted octanol–water partition coefficient (Wildman–Crippen LogP) is 18.2. The normalized spacial score (nSPS) is 12.7. The Balaban J connectivity index is 0.000000108. The van der Waals surface area contributed by atoms with Crippen molar-refractivity contribution in [3.8, 4) is 22.5 Å². The molecule has 0 saturated carbocycles. The molecule has 2 radical (unpaired) electrons. The Hall–Kier alpha value is -10.5. The quantitative estimate of drug-likeness (QED) is 0.0980. The van der Waals surface area contributed by atoms with Crippen molar-refractivity contribution in [2.45, 2.75) is 39.5 Å². The van der Waals surface area contributed by atoms with Crippen LogP contribution in [0.1, 0.15) is 50.7 Å². The number of aromatic nitrogens is 6. The van der Waals surface area contributed by atoms with Gasteiger partial charge in [-0.2, -0.15) is 58.7 Å². The summed E-state index contributed by atoms with van der Waals surface area (Å²) in [5, 5.41) is 16.1. The van der Waals surface area contributed by atoms with E-state index in [4.69, 9.17) is 9.97 Å². The molecule has 466 valence electrons. The van der Waals surface area contributed by atoms with E-state index >= 15 is 0 Å². The van der Waals surface area contributed by atoms with Crippen molar-refractivity contribution in [2.24, 2.45) is 0 Å². The number of benzene rings is 10. The van der Waals surface area contributed by atoms with Gasteiger partial charge in [-0.15, -0.1) is 81.4 Å². The van der Waals surface area contributed by atoms with Gasteiger partial charge in [0.15, 0.2) is 0 Å². The molecule has 16 aromatic rings. The van der Waals surface area contributed by atoms with Gasteiger partial charge in [0.25, 0.3) is 0 Å². The minimum Gasteiger partial charge on any atom is -0.375 e. The fourth-order valence-electron chi connectivity index (χ4n) is 14.3. The van der Waals surface area contributed by atoms with Gasteiger partial charge in [-0.05, 0) is 118 Å². The molecule has 6 aromatic heterocycles. The van der Waals surface area contributed by atoms with Crippen molar-refractivity contribution < 1.29 is 40.2 Å². The van der Waals surface area contributed by atoms with E-state index in [0.717, 1.165) is 56.0 Å². The minimum absolute atomic E-state index is 0. The van der Waals surface area contributed by atoms with Crippen LogP contribution >= 0.6 is 0 Å². The first-order chi connectivity index (χ1) is 46.4. The molecule has 10 aromatic carbocycles. The molecule has 4 aliphatic heterocycles. The Kier molecular flexibility index (Phi) is 16.5. The molecule has 0 amide bonds. The molecule has 20 rings (SSSR count). The number of hydrogen-bond acceptors (Lipinski definition) is 8. The monoisotopic (exact) mass is 1590 g/mol. The van der Waals surface area contributed by atoms with Crippen LogP contribution in [0.2, 0.25) is 0 Å². The maximum Gasteiger partial charge on any atom is 0.362 e. The first kappa shape index (κ1) is 61.7. The van der Waals surface area contributed by atoms with E-state index in [-0.39, 0.29) is 54.2 Å². The summed E-state index contributed by atoms with van der Waals surface area (Å²) in [5.41, 5.74) is 23.1. The molecular weight excluding hydrogens is 1530 g/mol. The SMILES string of the molecule is CC(C)c1cnc2c(c1)N1B(c3ccc[c-]c3-2)N(c2ccccc2)c2ccccc21.CC(C)c1cnc2c(c1)N1B(c3ccc[c-]c3-2)N(c2ccccc2)c2ccccc21.[Ir].[Ir].[c-]1cccc2c3ccccc3c3ccnn3c12.[c-]1cccc2c3ccccc3c3ccnn3c12. The van der Waals surface area contributed by atoms with Gasteiger partial charge >= 0.3 is 14.0 Å². The summed E-state index contributed by atoms with van der Waals surface area (Å²) in [6, 6.07) is 102. The molecule has 10 heterocycles. The number of anilines is 8.